The first-order valence-corrected chi connectivity index (χ1v) is 6.37. The van der Waals surface area contributed by atoms with Crippen LogP contribution in [0.5, 0.6) is 0 Å². The van der Waals surface area contributed by atoms with Gasteiger partial charge in [0.2, 0.25) is 0 Å². The van der Waals surface area contributed by atoms with Crippen molar-refractivity contribution < 1.29 is 9.50 Å². The van der Waals surface area contributed by atoms with Crippen LogP contribution in [-0.4, -0.2) is 21.2 Å². The summed E-state index contributed by atoms with van der Waals surface area (Å²) in [4.78, 5) is 6.44. The molecule has 1 aliphatic heterocycles. The van der Waals surface area contributed by atoms with Crippen molar-refractivity contribution in [1.29, 1.82) is 0 Å². The lowest BCUT2D eigenvalue weighted by molar-refractivity contribution is 0.199. The van der Waals surface area contributed by atoms with E-state index < -0.39 is 6.10 Å². The van der Waals surface area contributed by atoms with Gasteiger partial charge in [-0.2, -0.15) is 0 Å². The van der Waals surface area contributed by atoms with Gasteiger partial charge in [-0.1, -0.05) is 0 Å². The van der Waals surface area contributed by atoms with Gasteiger partial charge in [-0.05, 0) is 25.1 Å². The molecule has 1 aromatic carbocycles. The van der Waals surface area contributed by atoms with Gasteiger partial charge >= 0.3 is 0 Å². The maximum Gasteiger partial charge on any atom is 0.128 e. The highest BCUT2D eigenvalue weighted by Crippen LogP contribution is 2.29. The Kier molecular flexibility index (Phi) is 2.98. The lowest BCUT2D eigenvalue weighted by Gasteiger charge is -2.31. The van der Waals surface area contributed by atoms with Crippen molar-refractivity contribution >= 4 is 5.69 Å². The third-order valence-corrected chi connectivity index (χ3v) is 3.53. The van der Waals surface area contributed by atoms with E-state index in [1.165, 1.54) is 12.1 Å². The minimum atomic E-state index is -0.688. The smallest absolute Gasteiger partial charge is 0.128 e. The highest BCUT2D eigenvalue weighted by molar-refractivity contribution is 5.55. The van der Waals surface area contributed by atoms with Crippen LogP contribution < -0.4 is 4.90 Å². The second kappa shape index (κ2) is 4.66. The van der Waals surface area contributed by atoms with E-state index >= 15 is 0 Å². The molecule has 0 radical (unpaired) electrons. The Morgan fingerprint density at radius 2 is 2.21 bits per heavy atom. The molecule has 1 aromatic heterocycles. The average molecular weight is 261 g/mol. The van der Waals surface area contributed by atoms with Crippen LogP contribution in [0.1, 0.15) is 24.4 Å². The standard InChI is InChI=1S/C14H16FN3O/c1-10(19)12-8-11(15)2-3-13(12)18-7-6-17-5-4-16-14(17)9-18/h2-5,8,10,19H,6-7,9H2,1H3. The summed E-state index contributed by atoms with van der Waals surface area (Å²) < 4.78 is 15.4. The summed E-state index contributed by atoms with van der Waals surface area (Å²) in [5.74, 6) is 0.672. The number of benzene rings is 1. The van der Waals surface area contributed by atoms with Crippen molar-refractivity contribution in [2.75, 3.05) is 11.4 Å². The molecule has 5 heteroatoms. The molecule has 1 unspecified atom stereocenters. The number of aliphatic hydroxyl groups excluding tert-OH is 1. The highest BCUT2D eigenvalue weighted by Gasteiger charge is 2.20. The van der Waals surface area contributed by atoms with E-state index in [2.05, 4.69) is 14.5 Å². The largest absolute Gasteiger partial charge is 0.389 e. The van der Waals surface area contributed by atoms with Gasteiger partial charge in [0.15, 0.2) is 0 Å². The number of aliphatic hydroxyl groups is 1. The van der Waals surface area contributed by atoms with Gasteiger partial charge in [-0.3, -0.25) is 0 Å². The molecule has 0 fully saturated rings. The second-order valence-electron chi connectivity index (χ2n) is 4.84. The summed E-state index contributed by atoms with van der Waals surface area (Å²) in [5.41, 5.74) is 1.51. The third kappa shape index (κ3) is 2.21. The maximum atomic E-state index is 13.3. The minimum Gasteiger partial charge on any atom is -0.389 e. The first-order valence-electron chi connectivity index (χ1n) is 6.37. The Hall–Kier alpha value is -1.88. The maximum absolute atomic E-state index is 13.3. The van der Waals surface area contributed by atoms with Gasteiger partial charge in [0.25, 0.3) is 0 Å². The molecule has 1 atom stereocenters. The number of nitrogens with zero attached hydrogens (tertiary/aromatic N) is 3. The molecule has 0 spiro atoms. The van der Waals surface area contributed by atoms with Gasteiger partial charge < -0.3 is 14.6 Å². The lowest BCUT2D eigenvalue weighted by Crippen LogP contribution is -2.34. The van der Waals surface area contributed by atoms with Crippen LogP contribution in [0.2, 0.25) is 0 Å². The molecule has 0 aliphatic carbocycles. The van der Waals surface area contributed by atoms with E-state index in [4.69, 9.17) is 0 Å². The molecule has 0 saturated carbocycles. The highest BCUT2D eigenvalue weighted by atomic mass is 19.1. The Labute approximate surface area is 111 Å². The molecular weight excluding hydrogens is 245 g/mol. The Bertz CT molecular complexity index is 594. The molecule has 1 N–H and O–H groups in total. The number of aromatic nitrogens is 2. The van der Waals surface area contributed by atoms with Crippen LogP contribution >= 0.6 is 0 Å². The molecule has 0 saturated heterocycles. The molecule has 100 valence electrons. The molecule has 2 aromatic rings. The summed E-state index contributed by atoms with van der Waals surface area (Å²) in [5, 5.41) is 9.80. The van der Waals surface area contributed by atoms with E-state index in [-0.39, 0.29) is 5.82 Å². The second-order valence-corrected chi connectivity index (χ2v) is 4.84. The van der Waals surface area contributed by atoms with E-state index in [0.29, 0.717) is 12.1 Å². The molecule has 1 aliphatic rings. The predicted octanol–water partition coefficient (Wildman–Crippen LogP) is 2.10. The van der Waals surface area contributed by atoms with E-state index in [0.717, 1.165) is 24.6 Å². The molecule has 0 bridgehead atoms. The zero-order valence-electron chi connectivity index (χ0n) is 10.8. The van der Waals surface area contributed by atoms with Gasteiger partial charge in [-0.25, -0.2) is 9.37 Å². The quantitative estimate of drug-likeness (QED) is 0.900. The number of anilines is 1. The van der Waals surface area contributed by atoms with Crippen LogP contribution in [0.15, 0.2) is 30.6 Å². The van der Waals surface area contributed by atoms with Crippen LogP contribution in [0, 0.1) is 5.82 Å². The lowest BCUT2D eigenvalue weighted by atomic mass is 10.1. The fraction of sp³-hybridized carbons (Fsp3) is 0.357. The minimum absolute atomic E-state index is 0.321. The molecule has 2 heterocycles. The first kappa shape index (κ1) is 12.2. The molecule has 3 rings (SSSR count). The SMILES string of the molecule is CC(O)c1cc(F)ccc1N1CCn2ccnc2C1. The summed E-state index contributed by atoms with van der Waals surface area (Å²) in [6.07, 6.45) is 3.07. The third-order valence-electron chi connectivity index (χ3n) is 3.53. The fourth-order valence-electron chi connectivity index (χ4n) is 2.53. The number of fused-ring (bicyclic) bond motifs is 1. The summed E-state index contributed by atoms with van der Waals surface area (Å²) in [7, 11) is 0. The summed E-state index contributed by atoms with van der Waals surface area (Å²) in [6, 6.07) is 4.57. The number of hydrogen-bond donors (Lipinski definition) is 1. The topological polar surface area (TPSA) is 41.3 Å². The van der Waals surface area contributed by atoms with Gasteiger partial charge in [0, 0.05) is 36.7 Å². The zero-order chi connectivity index (χ0) is 13.4. The summed E-state index contributed by atoms with van der Waals surface area (Å²) in [6.45, 7) is 4.02. The first-order chi connectivity index (χ1) is 9.15. The van der Waals surface area contributed by atoms with Crippen LogP contribution in [-0.2, 0) is 13.1 Å². The zero-order valence-corrected chi connectivity index (χ0v) is 10.8. The number of hydrogen-bond acceptors (Lipinski definition) is 3. The monoisotopic (exact) mass is 261 g/mol. The molecule has 4 nitrogen and oxygen atoms in total. The Morgan fingerprint density at radius 3 is 3.00 bits per heavy atom. The van der Waals surface area contributed by atoms with E-state index in [1.54, 1.807) is 19.2 Å². The normalized spacial score (nSPS) is 16.3. The van der Waals surface area contributed by atoms with Crippen LogP contribution in [0.4, 0.5) is 10.1 Å². The summed E-state index contributed by atoms with van der Waals surface area (Å²) >= 11 is 0. The van der Waals surface area contributed by atoms with Crippen LogP contribution in [0.3, 0.4) is 0 Å². The van der Waals surface area contributed by atoms with Gasteiger partial charge in [0.1, 0.15) is 11.6 Å². The Morgan fingerprint density at radius 1 is 1.37 bits per heavy atom. The van der Waals surface area contributed by atoms with Crippen molar-refractivity contribution in [3.63, 3.8) is 0 Å². The molecule has 19 heavy (non-hydrogen) atoms. The number of imidazole rings is 1. The van der Waals surface area contributed by atoms with Crippen molar-refractivity contribution in [2.45, 2.75) is 26.1 Å². The Balaban J connectivity index is 1.95. The fourth-order valence-corrected chi connectivity index (χ4v) is 2.53. The number of halogens is 1. The number of rotatable bonds is 2. The average Bonchev–Trinajstić information content (AvgIpc) is 2.85. The molecule has 0 amide bonds. The van der Waals surface area contributed by atoms with Crippen molar-refractivity contribution in [2.24, 2.45) is 0 Å². The van der Waals surface area contributed by atoms with Crippen LogP contribution in [0.25, 0.3) is 0 Å². The van der Waals surface area contributed by atoms with E-state index in [9.17, 15) is 9.50 Å². The van der Waals surface area contributed by atoms with Gasteiger partial charge in [-0.15, -0.1) is 0 Å². The predicted molar refractivity (Wildman–Crippen MR) is 70.3 cm³/mol. The molecular formula is C14H16FN3O. The van der Waals surface area contributed by atoms with E-state index in [1.807, 2.05) is 6.20 Å². The van der Waals surface area contributed by atoms with Gasteiger partial charge in [0.05, 0.1) is 12.6 Å². The van der Waals surface area contributed by atoms with Crippen molar-refractivity contribution in [1.82, 2.24) is 9.55 Å². The van der Waals surface area contributed by atoms with Crippen molar-refractivity contribution in [3.05, 3.63) is 47.8 Å². The van der Waals surface area contributed by atoms with Crippen molar-refractivity contribution in [3.8, 4) is 0 Å².